The number of hydrogen-bond donors (Lipinski definition) is 2. The van der Waals surface area contributed by atoms with Crippen molar-refractivity contribution in [3.63, 3.8) is 0 Å². The van der Waals surface area contributed by atoms with E-state index < -0.39 is 10.0 Å². The maximum absolute atomic E-state index is 12.2. The molecular weight excluding hydrogens is 304 g/mol. The van der Waals surface area contributed by atoms with E-state index in [0.29, 0.717) is 13.2 Å². The molecule has 1 aromatic carbocycles. The molecule has 1 unspecified atom stereocenters. The molecule has 7 heteroatoms. The summed E-state index contributed by atoms with van der Waals surface area (Å²) in [5.74, 6) is 1.49. The van der Waals surface area contributed by atoms with Gasteiger partial charge < -0.3 is 14.8 Å². The molecular formula is C15H20N2O4S. The zero-order valence-corrected chi connectivity index (χ0v) is 13.1. The Bertz CT molecular complexity index is 672. The number of benzene rings is 1. The molecule has 0 amide bonds. The molecule has 1 saturated heterocycles. The normalized spacial score (nSPS) is 27.8. The molecule has 2 aliphatic heterocycles. The average Bonchev–Trinajstić information content (AvgIpc) is 3.29. The third kappa shape index (κ3) is 2.68. The molecule has 4 rings (SSSR count). The highest BCUT2D eigenvalue weighted by atomic mass is 32.2. The van der Waals surface area contributed by atoms with Gasteiger partial charge in [-0.2, -0.15) is 0 Å². The van der Waals surface area contributed by atoms with Gasteiger partial charge in [-0.05, 0) is 43.5 Å². The van der Waals surface area contributed by atoms with Gasteiger partial charge in [-0.3, -0.25) is 0 Å². The van der Waals surface area contributed by atoms with Crippen LogP contribution in [-0.4, -0.2) is 39.5 Å². The number of hydrogen-bond acceptors (Lipinski definition) is 5. The fourth-order valence-corrected chi connectivity index (χ4v) is 4.74. The highest BCUT2D eigenvalue weighted by molar-refractivity contribution is 7.90. The summed E-state index contributed by atoms with van der Waals surface area (Å²) in [5, 5.41) is 3.20. The highest BCUT2D eigenvalue weighted by Gasteiger charge is 2.40. The number of fused-ring (bicyclic) bond motifs is 1. The number of ether oxygens (including phenoxy) is 2. The lowest BCUT2D eigenvalue weighted by Gasteiger charge is -2.24. The molecule has 1 saturated carbocycles. The summed E-state index contributed by atoms with van der Waals surface area (Å²) < 4.78 is 38.4. The van der Waals surface area contributed by atoms with Gasteiger partial charge in [0.25, 0.3) is 0 Å². The fraction of sp³-hybridized carbons (Fsp3) is 0.600. The molecule has 2 N–H and O–H groups in total. The lowest BCUT2D eigenvalue weighted by atomic mass is 10.0. The van der Waals surface area contributed by atoms with Crippen LogP contribution in [0.1, 0.15) is 30.9 Å². The summed E-state index contributed by atoms with van der Waals surface area (Å²) in [5.41, 5.74) is 1.03. The van der Waals surface area contributed by atoms with Crippen LogP contribution in [0.2, 0.25) is 0 Å². The average molecular weight is 324 g/mol. The van der Waals surface area contributed by atoms with Crippen LogP contribution in [0.4, 0.5) is 0 Å². The molecule has 120 valence electrons. The van der Waals surface area contributed by atoms with Crippen molar-refractivity contribution in [2.45, 2.75) is 36.6 Å². The summed E-state index contributed by atoms with van der Waals surface area (Å²) in [4.78, 5) is 0. The van der Waals surface area contributed by atoms with Gasteiger partial charge in [0, 0.05) is 12.1 Å². The van der Waals surface area contributed by atoms with Crippen molar-refractivity contribution in [2.75, 3.05) is 19.8 Å². The van der Waals surface area contributed by atoms with Crippen LogP contribution in [0.25, 0.3) is 0 Å². The molecule has 1 aromatic rings. The fourth-order valence-electron chi connectivity index (χ4n) is 3.12. The standard InChI is InChI=1S/C15H20N2O4S/c18-22(19,11-2-3-11)17-12-5-6-16-15(12)10-1-4-13-14(9-10)21-8-7-20-13/h1,4,9,11-12,15-17H,2-3,5-8H2/t12?,15-/m1/s1. The summed E-state index contributed by atoms with van der Waals surface area (Å²) in [6, 6.07) is 5.71. The Kier molecular flexibility index (Phi) is 3.51. The van der Waals surface area contributed by atoms with Gasteiger partial charge in [0.05, 0.1) is 5.25 Å². The Morgan fingerprint density at radius 3 is 2.64 bits per heavy atom. The van der Waals surface area contributed by atoms with Crippen LogP contribution in [-0.2, 0) is 10.0 Å². The van der Waals surface area contributed by atoms with E-state index in [4.69, 9.17) is 9.47 Å². The van der Waals surface area contributed by atoms with Crippen molar-refractivity contribution in [1.29, 1.82) is 0 Å². The van der Waals surface area contributed by atoms with E-state index in [9.17, 15) is 8.42 Å². The minimum Gasteiger partial charge on any atom is -0.486 e. The van der Waals surface area contributed by atoms with Crippen LogP contribution in [0.15, 0.2) is 18.2 Å². The maximum Gasteiger partial charge on any atom is 0.214 e. The second-order valence-corrected chi connectivity index (χ2v) is 8.08. The first-order chi connectivity index (χ1) is 10.6. The second-order valence-electron chi connectivity index (χ2n) is 6.09. The summed E-state index contributed by atoms with van der Waals surface area (Å²) in [6.07, 6.45) is 2.36. The van der Waals surface area contributed by atoms with Gasteiger partial charge in [-0.15, -0.1) is 0 Å². The van der Waals surface area contributed by atoms with Crippen molar-refractivity contribution < 1.29 is 17.9 Å². The lowest BCUT2D eigenvalue weighted by molar-refractivity contribution is 0.171. The maximum atomic E-state index is 12.2. The smallest absolute Gasteiger partial charge is 0.214 e. The zero-order valence-electron chi connectivity index (χ0n) is 12.2. The van der Waals surface area contributed by atoms with Gasteiger partial charge >= 0.3 is 0 Å². The zero-order chi connectivity index (χ0) is 15.2. The van der Waals surface area contributed by atoms with E-state index in [0.717, 1.165) is 42.9 Å². The Hall–Kier alpha value is -1.31. The molecule has 2 heterocycles. The lowest BCUT2D eigenvalue weighted by Crippen LogP contribution is -2.40. The quantitative estimate of drug-likeness (QED) is 0.862. The molecule has 1 aliphatic carbocycles. The predicted molar refractivity (Wildman–Crippen MR) is 81.7 cm³/mol. The van der Waals surface area contributed by atoms with Gasteiger partial charge in [-0.1, -0.05) is 6.07 Å². The molecule has 22 heavy (non-hydrogen) atoms. The van der Waals surface area contributed by atoms with E-state index in [2.05, 4.69) is 10.0 Å². The Balaban J connectivity index is 1.55. The van der Waals surface area contributed by atoms with Crippen molar-refractivity contribution >= 4 is 10.0 Å². The first-order valence-corrected chi connectivity index (χ1v) is 9.32. The number of sulfonamides is 1. The van der Waals surface area contributed by atoms with Crippen LogP contribution >= 0.6 is 0 Å². The third-order valence-electron chi connectivity index (χ3n) is 4.43. The molecule has 0 spiro atoms. The minimum absolute atomic E-state index is 0.0237. The van der Waals surface area contributed by atoms with Crippen molar-refractivity contribution in [2.24, 2.45) is 0 Å². The van der Waals surface area contributed by atoms with Gasteiger partial charge in [-0.25, -0.2) is 13.1 Å². The molecule has 3 aliphatic rings. The van der Waals surface area contributed by atoms with Gasteiger partial charge in [0.15, 0.2) is 11.5 Å². The van der Waals surface area contributed by atoms with Crippen LogP contribution in [0, 0.1) is 0 Å². The van der Waals surface area contributed by atoms with E-state index in [-0.39, 0.29) is 17.3 Å². The van der Waals surface area contributed by atoms with E-state index in [1.807, 2.05) is 18.2 Å². The molecule has 2 atom stereocenters. The number of nitrogens with one attached hydrogen (secondary N) is 2. The van der Waals surface area contributed by atoms with E-state index in [1.54, 1.807) is 0 Å². The number of rotatable bonds is 4. The van der Waals surface area contributed by atoms with E-state index in [1.165, 1.54) is 0 Å². The summed E-state index contributed by atoms with van der Waals surface area (Å²) in [6.45, 7) is 1.92. The first kappa shape index (κ1) is 14.3. The third-order valence-corrected chi connectivity index (χ3v) is 6.41. The highest BCUT2D eigenvalue weighted by Crippen LogP contribution is 2.35. The van der Waals surface area contributed by atoms with Gasteiger partial charge in [0.2, 0.25) is 10.0 Å². The van der Waals surface area contributed by atoms with Crippen molar-refractivity contribution in [1.82, 2.24) is 10.0 Å². The molecule has 6 nitrogen and oxygen atoms in total. The van der Waals surface area contributed by atoms with E-state index >= 15 is 0 Å². The van der Waals surface area contributed by atoms with Crippen molar-refractivity contribution in [3.05, 3.63) is 23.8 Å². The molecule has 0 radical (unpaired) electrons. The van der Waals surface area contributed by atoms with Gasteiger partial charge in [0.1, 0.15) is 13.2 Å². The Labute approximate surface area is 130 Å². The first-order valence-electron chi connectivity index (χ1n) is 7.77. The monoisotopic (exact) mass is 324 g/mol. The SMILES string of the molecule is O=S(=O)(NC1CCN[C@@H]1c1ccc2c(c1)OCCO2)C1CC1. The second kappa shape index (κ2) is 5.40. The molecule has 2 fully saturated rings. The van der Waals surface area contributed by atoms with Crippen molar-refractivity contribution in [3.8, 4) is 11.5 Å². The minimum atomic E-state index is -3.17. The topological polar surface area (TPSA) is 76.7 Å². The van der Waals surface area contributed by atoms with Crippen LogP contribution < -0.4 is 19.5 Å². The molecule has 0 aromatic heterocycles. The molecule has 0 bridgehead atoms. The van der Waals surface area contributed by atoms with Crippen LogP contribution in [0.5, 0.6) is 11.5 Å². The predicted octanol–water partition coefficient (Wildman–Crippen LogP) is 0.943. The summed E-state index contributed by atoms with van der Waals surface area (Å²) >= 11 is 0. The Morgan fingerprint density at radius 1 is 1.09 bits per heavy atom. The summed E-state index contributed by atoms with van der Waals surface area (Å²) in [7, 11) is -3.17. The van der Waals surface area contributed by atoms with Crippen LogP contribution in [0.3, 0.4) is 0 Å². The largest absolute Gasteiger partial charge is 0.486 e. The Morgan fingerprint density at radius 2 is 1.86 bits per heavy atom.